The quantitative estimate of drug-likeness (QED) is 0.641. The van der Waals surface area contributed by atoms with E-state index in [0.29, 0.717) is 12.0 Å². The Hall–Kier alpha value is -0.630. The topological polar surface area (TPSA) is 29.1 Å². The molecule has 0 amide bonds. The largest absolute Gasteiger partial charge is 0.307 e. The lowest BCUT2D eigenvalue weighted by molar-refractivity contribution is -0.113. The molecule has 0 aliphatic carbocycles. The monoisotopic (exact) mass is 168 g/mol. The third-order valence-electron chi connectivity index (χ3n) is 2.54. The molecule has 0 radical (unpaired) electrons. The lowest BCUT2D eigenvalue weighted by atomic mass is 9.98. The maximum atomic E-state index is 11.5. The zero-order valence-electron chi connectivity index (χ0n) is 10.2. The van der Waals surface area contributed by atoms with Gasteiger partial charge >= 0.3 is 0 Å². The van der Waals surface area contributed by atoms with E-state index in [-0.39, 0.29) is 23.9 Å². The van der Waals surface area contributed by atoms with E-state index in [1.54, 1.807) is 0 Å². The highest BCUT2D eigenvalue weighted by Crippen LogP contribution is 2.26. The highest BCUT2D eigenvalue weighted by Gasteiger charge is 2.29. The summed E-state index contributed by atoms with van der Waals surface area (Å²) in [6.45, 7) is 1.42. The molecule has 2 atom stereocenters. The van der Waals surface area contributed by atoms with Gasteiger partial charge in [-0.15, -0.1) is 0 Å². The van der Waals surface area contributed by atoms with Crippen LogP contribution in [-0.2, 0) is 4.79 Å². The first-order chi connectivity index (χ1) is 6.92. The van der Waals surface area contributed by atoms with E-state index in [9.17, 15) is 4.79 Å². The predicted molar refractivity (Wildman–Crippen MR) is 47.9 cm³/mol. The number of allylic oxidation sites excluding steroid dienone is 1. The average Bonchev–Trinajstić information content (AvgIpc) is 2.47. The first-order valence-electron chi connectivity index (χ1n) is 5.90. The molecule has 1 fully saturated rings. The number of rotatable bonds is 1. The molecule has 2 aliphatic heterocycles. The van der Waals surface area contributed by atoms with Crippen molar-refractivity contribution in [1.82, 2.24) is 5.32 Å². The molecule has 0 spiro atoms. The summed E-state index contributed by atoms with van der Waals surface area (Å²) in [6.07, 6.45) is 0.388. The fraction of sp³-hybridized carbons (Fsp3) is 0.700. The van der Waals surface area contributed by atoms with Crippen molar-refractivity contribution in [3.8, 4) is 0 Å². The second-order valence-electron chi connectivity index (χ2n) is 3.47. The number of nitrogens with one attached hydrogen (secondary N) is 1. The molecular formula is C10H15NO. The summed E-state index contributed by atoms with van der Waals surface area (Å²) >= 11 is 0. The highest BCUT2D eigenvalue weighted by atomic mass is 16.1. The predicted octanol–water partition coefficient (Wildman–Crippen LogP) is 1.42. The maximum absolute atomic E-state index is 11.5. The van der Waals surface area contributed by atoms with Crippen LogP contribution in [0.4, 0.5) is 0 Å². The second kappa shape index (κ2) is 3.02. The summed E-state index contributed by atoms with van der Waals surface area (Å²) < 4.78 is 23.4. The molecule has 2 nitrogen and oxygen atoms in total. The Morgan fingerprint density at radius 1 is 1.75 bits per heavy atom. The Morgan fingerprint density at radius 2 is 2.58 bits per heavy atom. The smallest absolute Gasteiger partial charge is 0.157 e. The second-order valence-corrected chi connectivity index (χ2v) is 3.47. The van der Waals surface area contributed by atoms with Gasteiger partial charge in [-0.1, -0.05) is 6.05 Å². The Bertz CT molecular complexity index is 338. The van der Waals surface area contributed by atoms with Crippen LogP contribution < -0.4 is 5.32 Å². The van der Waals surface area contributed by atoms with Crippen LogP contribution in [-0.4, -0.2) is 17.9 Å². The number of carbonyl (C=O) groups excluding carboxylic acids is 1. The van der Waals surface area contributed by atoms with E-state index < -0.39 is 6.37 Å². The normalized spacial score (nSPS) is 42.9. The lowest BCUT2D eigenvalue weighted by Crippen LogP contribution is -2.30. The van der Waals surface area contributed by atoms with Crippen molar-refractivity contribution in [2.45, 2.75) is 44.6 Å². The number of fused-ring (bicyclic) bond motifs is 2. The van der Waals surface area contributed by atoms with Gasteiger partial charge in [0.1, 0.15) is 0 Å². The fourth-order valence-corrected chi connectivity index (χ4v) is 1.90. The summed E-state index contributed by atoms with van der Waals surface area (Å²) in [5.74, 6) is -0.177. The molecule has 66 valence electrons. The van der Waals surface area contributed by atoms with E-state index in [0.717, 1.165) is 12.8 Å². The number of hydrogen-bond donors (Lipinski definition) is 1. The molecular weight excluding hydrogens is 150 g/mol. The molecule has 0 aromatic carbocycles. The molecule has 2 aliphatic rings. The third-order valence-corrected chi connectivity index (χ3v) is 2.54. The summed E-state index contributed by atoms with van der Waals surface area (Å²) in [7, 11) is 0. The van der Waals surface area contributed by atoms with Gasteiger partial charge in [-0.3, -0.25) is 4.79 Å². The van der Waals surface area contributed by atoms with Gasteiger partial charge < -0.3 is 5.32 Å². The van der Waals surface area contributed by atoms with Crippen LogP contribution in [0, 0.1) is 0 Å². The van der Waals surface area contributed by atoms with E-state index in [4.69, 9.17) is 4.11 Å². The minimum atomic E-state index is -1.66. The van der Waals surface area contributed by atoms with Crippen LogP contribution in [0.2, 0.25) is 0 Å². The molecule has 0 saturated carbocycles. The molecule has 2 bridgehead atoms. The minimum Gasteiger partial charge on any atom is -0.307 e. The van der Waals surface area contributed by atoms with E-state index in [1.807, 2.05) is 0 Å². The van der Waals surface area contributed by atoms with Crippen LogP contribution in [0.15, 0.2) is 11.6 Å². The fourth-order valence-electron chi connectivity index (χ4n) is 1.90. The van der Waals surface area contributed by atoms with Crippen molar-refractivity contribution >= 4 is 5.78 Å². The van der Waals surface area contributed by atoms with Crippen molar-refractivity contribution in [3.05, 3.63) is 11.6 Å². The van der Waals surface area contributed by atoms with Gasteiger partial charge in [0.15, 0.2) is 5.78 Å². The molecule has 2 heteroatoms. The van der Waals surface area contributed by atoms with Crippen LogP contribution in [0.3, 0.4) is 0 Å². The van der Waals surface area contributed by atoms with Gasteiger partial charge in [-0.2, -0.15) is 0 Å². The molecule has 2 rings (SSSR count). The van der Waals surface area contributed by atoms with Crippen LogP contribution in [0.1, 0.15) is 36.7 Å². The average molecular weight is 168 g/mol. The Morgan fingerprint density at radius 3 is 3.33 bits per heavy atom. The van der Waals surface area contributed by atoms with Gasteiger partial charge in [0.05, 0.1) is 1.37 Å². The molecule has 2 heterocycles. The maximum Gasteiger partial charge on any atom is 0.157 e. The number of ketones is 1. The lowest BCUT2D eigenvalue weighted by Gasteiger charge is -2.11. The third kappa shape index (κ3) is 1.31. The van der Waals surface area contributed by atoms with Crippen molar-refractivity contribution in [2.24, 2.45) is 0 Å². The zero-order valence-corrected chi connectivity index (χ0v) is 7.18. The standard InChI is InChI=1S/C10H15NO/c1-7(12)9-4-2-3-8-5-6-10(9)11-8/h4,8,10-11H,2-3,5-6H2,1H3/t8-,10-/m1/s1/i2D2,4D. The van der Waals surface area contributed by atoms with Crippen LogP contribution in [0.5, 0.6) is 0 Å². The SMILES string of the molecule is [2H]C1=C(C(C)=O)[C@H]2CC[C@@H](CC1([2H])[2H])N2. The summed E-state index contributed by atoms with van der Waals surface area (Å²) in [5.41, 5.74) is 0.347. The van der Waals surface area contributed by atoms with Gasteiger partial charge in [0.2, 0.25) is 0 Å². The zero-order chi connectivity index (χ0) is 11.2. The molecule has 1 N–H and O–H groups in total. The summed E-state index contributed by atoms with van der Waals surface area (Å²) in [5, 5.41) is 3.23. The summed E-state index contributed by atoms with van der Waals surface area (Å²) in [4.78, 5) is 11.5. The molecule has 0 unspecified atom stereocenters. The Kier molecular flexibility index (Phi) is 1.30. The van der Waals surface area contributed by atoms with Crippen molar-refractivity contribution in [3.63, 3.8) is 0 Å². The first kappa shape index (κ1) is 5.18. The van der Waals surface area contributed by atoms with Crippen LogP contribution in [0.25, 0.3) is 0 Å². The van der Waals surface area contributed by atoms with Gasteiger partial charge in [-0.25, -0.2) is 0 Å². The number of hydrogen-bond acceptors (Lipinski definition) is 2. The summed E-state index contributed by atoms with van der Waals surface area (Å²) in [6, 6.07) is -0.102. The molecule has 12 heavy (non-hydrogen) atoms. The Balaban J connectivity index is 2.47. The minimum absolute atomic E-state index is 0.0995. The highest BCUT2D eigenvalue weighted by molar-refractivity contribution is 5.94. The van der Waals surface area contributed by atoms with E-state index in [1.165, 1.54) is 6.92 Å². The van der Waals surface area contributed by atoms with Crippen molar-refractivity contribution in [2.75, 3.05) is 0 Å². The van der Waals surface area contributed by atoms with Gasteiger partial charge in [0, 0.05) is 20.4 Å². The molecule has 0 aromatic rings. The number of Topliss-reactive ketones (excluding diaryl/α,β-unsaturated/α-hetero) is 1. The van der Waals surface area contributed by atoms with Crippen LogP contribution >= 0.6 is 0 Å². The first-order valence-corrected chi connectivity index (χ1v) is 4.40. The van der Waals surface area contributed by atoms with E-state index >= 15 is 0 Å². The van der Waals surface area contributed by atoms with Gasteiger partial charge in [-0.05, 0) is 32.6 Å². The van der Waals surface area contributed by atoms with Crippen molar-refractivity contribution < 1.29 is 8.91 Å². The number of carbonyl (C=O) groups is 1. The van der Waals surface area contributed by atoms with E-state index in [2.05, 4.69) is 5.32 Å². The molecule has 0 aromatic heterocycles. The molecule has 1 saturated heterocycles. The van der Waals surface area contributed by atoms with Gasteiger partial charge in [0.25, 0.3) is 0 Å². The Labute approximate surface area is 77.2 Å². The van der Waals surface area contributed by atoms with Crippen molar-refractivity contribution in [1.29, 1.82) is 0 Å².